The van der Waals surface area contributed by atoms with Gasteiger partial charge in [0, 0.05) is 5.56 Å². The molecule has 2 N–H and O–H groups in total. The SMILES string of the molecule is Cc1ccc(O)c(N2C(=O)C(=O)/C(=C(\O)c3ccc(OCC(C)C)c(C)c3)C2c2ccco2)c1. The number of aromatic hydroxyl groups is 1. The zero-order valence-electron chi connectivity index (χ0n) is 19.5. The van der Waals surface area contributed by atoms with Crippen LogP contribution in [0.3, 0.4) is 0 Å². The first-order valence-corrected chi connectivity index (χ1v) is 11.1. The summed E-state index contributed by atoms with van der Waals surface area (Å²) >= 11 is 0. The third-order valence-corrected chi connectivity index (χ3v) is 5.67. The molecule has 1 aliphatic rings. The molecule has 0 saturated carbocycles. The molecule has 0 aliphatic carbocycles. The fourth-order valence-electron chi connectivity index (χ4n) is 3.99. The largest absolute Gasteiger partial charge is 0.507 e. The highest BCUT2D eigenvalue weighted by Crippen LogP contribution is 2.45. The molecule has 1 atom stereocenters. The fraction of sp³-hybridized carbons (Fsp3) is 0.259. The number of nitrogens with zero attached hydrogens (tertiary/aromatic N) is 1. The monoisotopic (exact) mass is 461 g/mol. The minimum absolute atomic E-state index is 0.115. The average molecular weight is 462 g/mol. The Morgan fingerprint density at radius 3 is 2.53 bits per heavy atom. The van der Waals surface area contributed by atoms with Gasteiger partial charge in [0.2, 0.25) is 0 Å². The van der Waals surface area contributed by atoms with Crippen molar-refractivity contribution in [2.75, 3.05) is 11.5 Å². The number of anilines is 1. The van der Waals surface area contributed by atoms with E-state index in [9.17, 15) is 19.8 Å². The van der Waals surface area contributed by atoms with Gasteiger partial charge in [-0.05, 0) is 73.4 Å². The van der Waals surface area contributed by atoms with E-state index in [1.165, 1.54) is 17.2 Å². The van der Waals surface area contributed by atoms with Crippen LogP contribution < -0.4 is 9.64 Å². The van der Waals surface area contributed by atoms with E-state index in [0.29, 0.717) is 23.8 Å². The van der Waals surface area contributed by atoms with Gasteiger partial charge in [0.05, 0.1) is 24.1 Å². The Morgan fingerprint density at radius 2 is 1.88 bits per heavy atom. The molecule has 1 amide bonds. The van der Waals surface area contributed by atoms with Gasteiger partial charge in [0.25, 0.3) is 11.7 Å². The van der Waals surface area contributed by atoms with Crippen LogP contribution in [0.25, 0.3) is 5.76 Å². The summed E-state index contributed by atoms with van der Waals surface area (Å²) in [5.74, 6) is -0.891. The summed E-state index contributed by atoms with van der Waals surface area (Å²) in [4.78, 5) is 27.5. The van der Waals surface area contributed by atoms with Crippen LogP contribution in [0.4, 0.5) is 5.69 Å². The lowest BCUT2D eigenvalue weighted by molar-refractivity contribution is -0.132. The van der Waals surface area contributed by atoms with Crippen LogP contribution in [0.2, 0.25) is 0 Å². The molecule has 2 aromatic carbocycles. The minimum Gasteiger partial charge on any atom is -0.507 e. The van der Waals surface area contributed by atoms with E-state index in [-0.39, 0.29) is 28.5 Å². The Balaban J connectivity index is 1.84. The van der Waals surface area contributed by atoms with E-state index in [0.717, 1.165) is 11.1 Å². The van der Waals surface area contributed by atoms with Gasteiger partial charge in [0.15, 0.2) is 0 Å². The normalized spacial score (nSPS) is 17.6. The predicted octanol–water partition coefficient (Wildman–Crippen LogP) is 5.26. The van der Waals surface area contributed by atoms with Gasteiger partial charge in [-0.25, -0.2) is 0 Å². The number of phenols is 1. The number of phenolic OH excluding ortho intramolecular Hbond substituents is 1. The number of hydrogen-bond donors (Lipinski definition) is 2. The van der Waals surface area contributed by atoms with Gasteiger partial charge in [-0.1, -0.05) is 19.9 Å². The van der Waals surface area contributed by atoms with Crippen molar-refractivity contribution in [2.45, 2.75) is 33.7 Å². The molecule has 7 heteroatoms. The Morgan fingerprint density at radius 1 is 1.12 bits per heavy atom. The molecule has 176 valence electrons. The quantitative estimate of drug-likeness (QED) is 0.295. The number of Topliss-reactive ketones (excluding diaryl/α,β-unsaturated/α-hetero) is 1. The first kappa shape index (κ1) is 23.2. The summed E-state index contributed by atoms with van der Waals surface area (Å²) in [5.41, 5.74) is 2.00. The summed E-state index contributed by atoms with van der Waals surface area (Å²) in [7, 11) is 0. The molecule has 0 spiro atoms. The number of hydrogen-bond acceptors (Lipinski definition) is 6. The minimum atomic E-state index is -1.04. The summed E-state index contributed by atoms with van der Waals surface area (Å²) in [6.07, 6.45) is 1.43. The second-order valence-corrected chi connectivity index (χ2v) is 8.86. The average Bonchev–Trinajstić information content (AvgIpc) is 3.41. The van der Waals surface area contributed by atoms with E-state index in [1.54, 1.807) is 42.5 Å². The first-order chi connectivity index (χ1) is 16.2. The molecule has 1 fully saturated rings. The topological polar surface area (TPSA) is 100 Å². The lowest BCUT2D eigenvalue weighted by atomic mass is 9.98. The number of aliphatic hydroxyl groups is 1. The molecular weight excluding hydrogens is 434 g/mol. The highest BCUT2D eigenvalue weighted by Gasteiger charge is 2.49. The number of rotatable bonds is 6. The lowest BCUT2D eigenvalue weighted by Crippen LogP contribution is -2.29. The third-order valence-electron chi connectivity index (χ3n) is 5.67. The van der Waals surface area contributed by atoms with Crippen LogP contribution in [-0.2, 0) is 9.59 Å². The van der Waals surface area contributed by atoms with Crippen molar-refractivity contribution in [3.63, 3.8) is 0 Å². The molecule has 34 heavy (non-hydrogen) atoms. The molecule has 1 unspecified atom stereocenters. The van der Waals surface area contributed by atoms with Crippen LogP contribution in [0, 0.1) is 19.8 Å². The standard InChI is InChI=1S/C27H27NO6/c1-15(2)14-34-21-10-8-18(13-17(21)4)25(30)23-24(22-6-5-11-33-22)28(27(32)26(23)31)19-12-16(3)7-9-20(19)29/h5-13,15,24,29-30H,14H2,1-4H3/b25-23-. The number of aryl methyl sites for hydroxylation is 2. The zero-order chi connectivity index (χ0) is 24.6. The number of furan rings is 1. The molecule has 2 heterocycles. The van der Waals surface area contributed by atoms with E-state index in [2.05, 4.69) is 13.8 Å². The third kappa shape index (κ3) is 4.17. The van der Waals surface area contributed by atoms with Gasteiger partial charge in [0.1, 0.15) is 29.1 Å². The highest BCUT2D eigenvalue weighted by molar-refractivity contribution is 6.51. The number of amides is 1. The lowest BCUT2D eigenvalue weighted by Gasteiger charge is -2.24. The predicted molar refractivity (Wildman–Crippen MR) is 128 cm³/mol. The molecule has 4 rings (SSSR count). The van der Waals surface area contributed by atoms with Crippen molar-refractivity contribution in [3.05, 3.63) is 82.8 Å². The summed E-state index contributed by atoms with van der Waals surface area (Å²) in [6, 6.07) is 12.1. The smallest absolute Gasteiger partial charge is 0.300 e. The number of ketones is 1. The Kier molecular flexibility index (Phi) is 6.20. The van der Waals surface area contributed by atoms with Crippen molar-refractivity contribution in [3.8, 4) is 11.5 Å². The Labute approximate surface area is 197 Å². The Bertz CT molecular complexity index is 1270. The Hall–Kier alpha value is -4.00. The van der Waals surface area contributed by atoms with Crippen molar-refractivity contribution in [1.29, 1.82) is 0 Å². The maximum absolute atomic E-state index is 13.2. The van der Waals surface area contributed by atoms with Gasteiger partial charge in [-0.3, -0.25) is 14.5 Å². The van der Waals surface area contributed by atoms with Gasteiger partial charge in [-0.2, -0.15) is 0 Å². The summed E-state index contributed by atoms with van der Waals surface area (Å²) in [5, 5.41) is 21.7. The van der Waals surface area contributed by atoms with Crippen molar-refractivity contribution in [2.24, 2.45) is 5.92 Å². The summed E-state index contributed by atoms with van der Waals surface area (Å²) in [6.45, 7) is 8.31. The summed E-state index contributed by atoms with van der Waals surface area (Å²) < 4.78 is 11.4. The molecule has 3 aromatic rings. The second kappa shape index (κ2) is 9.09. The fourth-order valence-corrected chi connectivity index (χ4v) is 3.99. The number of aliphatic hydroxyl groups excluding tert-OH is 1. The number of benzene rings is 2. The number of carbonyl (C=O) groups is 2. The van der Waals surface area contributed by atoms with Gasteiger partial charge >= 0.3 is 0 Å². The van der Waals surface area contributed by atoms with Crippen LogP contribution >= 0.6 is 0 Å². The first-order valence-electron chi connectivity index (χ1n) is 11.1. The molecule has 1 aliphatic heterocycles. The molecule has 0 bridgehead atoms. The van der Waals surface area contributed by atoms with E-state index < -0.39 is 17.7 Å². The number of ether oxygens (including phenoxy) is 1. The molecular formula is C27H27NO6. The van der Waals surface area contributed by atoms with Crippen LogP contribution in [-0.4, -0.2) is 28.5 Å². The van der Waals surface area contributed by atoms with Crippen molar-refractivity contribution in [1.82, 2.24) is 0 Å². The van der Waals surface area contributed by atoms with Gasteiger partial charge in [-0.15, -0.1) is 0 Å². The van der Waals surface area contributed by atoms with E-state index in [1.807, 2.05) is 13.8 Å². The maximum atomic E-state index is 13.2. The molecule has 1 aromatic heterocycles. The molecule has 7 nitrogen and oxygen atoms in total. The zero-order valence-corrected chi connectivity index (χ0v) is 19.5. The second-order valence-electron chi connectivity index (χ2n) is 8.86. The van der Waals surface area contributed by atoms with Crippen LogP contribution in [0.15, 0.2) is 64.8 Å². The van der Waals surface area contributed by atoms with E-state index in [4.69, 9.17) is 9.15 Å². The maximum Gasteiger partial charge on any atom is 0.300 e. The molecule has 0 radical (unpaired) electrons. The number of carbonyl (C=O) groups excluding carboxylic acids is 2. The van der Waals surface area contributed by atoms with Crippen LogP contribution in [0.1, 0.15) is 42.3 Å². The van der Waals surface area contributed by atoms with Crippen molar-refractivity contribution < 1.29 is 29.0 Å². The van der Waals surface area contributed by atoms with Gasteiger partial charge < -0.3 is 19.4 Å². The highest BCUT2D eigenvalue weighted by atomic mass is 16.5. The van der Waals surface area contributed by atoms with Crippen LogP contribution in [0.5, 0.6) is 11.5 Å². The van der Waals surface area contributed by atoms with E-state index >= 15 is 0 Å². The molecule has 1 saturated heterocycles. The van der Waals surface area contributed by atoms with Crippen molar-refractivity contribution >= 4 is 23.1 Å².